The molecule has 1 amide bonds. The SMILES string of the molecule is CCOc1ccc(N2C(=O)C(=O)/C(=C(\O)c3ccc(Cl)cc3)C2c2ccc(N(C)C)cc2)cc1. The molecule has 0 saturated carbocycles. The summed E-state index contributed by atoms with van der Waals surface area (Å²) in [5.74, 6) is -1.04. The van der Waals surface area contributed by atoms with Crippen LogP contribution in [-0.4, -0.2) is 37.5 Å². The van der Waals surface area contributed by atoms with Crippen LogP contribution < -0.4 is 14.5 Å². The van der Waals surface area contributed by atoms with Crippen molar-refractivity contribution in [2.24, 2.45) is 0 Å². The van der Waals surface area contributed by atoms with Crippen LogP contribution in [0.3, 0.4) is 0 Å². The molecule has 34 heavy (non-hydrogen) atoms. The van der Waals surface area contributed by atoms with Gasteiger partial charge in [0, 0.05) is 36.1 Å². The maximum Gasteiger partial charge on any atom is 0.300 e. The number of carbonyl (C=O) groups is 2. The Morgan fingerprint density at radius 2 is 1.59 bits per heavy atom. The summed E-state index contributed by atoms with van der Waals surface area (Å²) in [6.45, 7) is 2.41. The van der Waals surface area contributed by atoms with Crippen LogP contribution in [-0.2, 0) is 9.59 Å². The first-order valence-electron chi connectivity index (χ1n) is 10.9. The molecule has 1 atom stereocenters. The minimum absolute atomic E-state index is 0.0267. The molecule has 1 saturated heterocycles. The van der Waals surface area contributed by atoms with Gasteiger partial charge in [0.25, 0.3) is 11.7 Å². The number of Topliss-reactive ketones (excluding diaryl/α,β-unsaturated/α-hetero) is 1. The van der Waals surface area contributed by atoms with Crippen LogP contribution in [0.2, 0.25) is 5.02 Å². The molecule has 0 aromatic heterocycles. The Balaban J connectivity index is 1.87. The van der Waals surface area contributed by atoms with Gasteiger partial charge >= 0.3 is 0 Å². The molecular weight excluding hydrogens is 452 g/mol. The number of hydrogen-bond donors (Lipinski definition) is 1. The highest BCUT2D eigenvalue weighted by molar-refractivity contribution is 6.51. The normalized spacial score (nSPS) is 17.2. The van der Waals surface area contributed by atoms with Crippen LogP contribution in [0.15, 0.2) is 78.4 Å². The molecule has 1 heterocycles. The van der Waals surface area contributed by atoms with Gasteiger partial charge in [-0.15, -0.1) is 0 Å². The zero-order valence-electron chi connectivity index (χ0n) is 19.2. The largest absolute Gasteiger partial charge is 0.507 e. The smallest absolute Gasteiger partial charge is 0.300 e. The first-order valence-corrected chi connectivity index (χ1v) is 11.3. The summed E-state index contributed by atoms with van der Waals surface area (Å²) < 4.78 is 5.51. The van der Waals surface area contributed by atoms with Crippen LogP contribution in [0.5, 0.6) is 5.75 Å². The van der Waals surface area contributed by atoms with Gasteiger partial charge in [0.05, 0.1) is 18.2 Å². The van der Waals surface area contributed by atoms with Gasteiger partial charge in [0.1, 0.15) is 11.5 Å². The highest BCUT2D eigenvalue weighted by Crippen LogP contribution is 2.42. The fourth-order valence-electron chi connectivity index (χ4n) is 4.00. The van der Waals surface area contributed by atoms with E-state index in [9.17, 15) is 14.7 Å². The van der Waals surface area contributed by atoms with E-state index in [-0.39, 0.29) is 11.3 Å². The maximum atomic E-state index is 13.2. The second-order valence-electron chi connectivity index (χ2n) is 8.09. The van der Waals surface area contributed by atoms with E-state index in [1.165, 1.54) is 4.90 Å². The maximum absolute atomic E-state index is 13.2. The van der Waals surface area contributed by atoms with Gasteiger partial charge in [-0.25, -0.2) is 0 Å². The average Bonchev–Trinajstić information content (AvgIpc) is 3.10. The Hall–Kier alpha value is -3.77. The molecule has 0 radical (unpaired) electrons. The number of carbonyl (C=O) groups excluding carboxylic acids is 2. The number of benzene rings is 3. The number of rotatable bonds is 6. The minimum atomic E-state index is -0.801. The van der Waals surface area contributed by atoms with Crippen LogP contribution in [0.25, 0.3) is 5.76 Å². The Morgan fingerprint density at radius 1 is 0.971 bits per heavy atom. The van der Waals surface area contributed by atoms with E-state index in [1.807, 2.05) is 50.2 Å². The number of hydrogen-bond acceptors (Lipinski definition) is 5. The van der Waals surface area contributed by atoms with Crippen molar-refractivity contribution in [2.45, 2.75) is 13.0 Å². The molecule has 1 unspecified atom stereocenters. The summed E-state index contributed by atoms with van der Waals surface area (Å²) in [4.78, 5) is 29.9. The third-order valence-electron chi connectivity index (χ3n) is 5.71. The van der Waals surface area contributed by atoms with E-state index < -0.39 is 17.7 Å². The third kappa shape index (κ3) is 4.37. The molecular formula is C27H25ClN2O4. The van der Waals surface area contributed by atoms with Crippen molar-refractivity contribution < 1.29 is 19.4 Å². The van der Waals surface area contributed by atoms with Crippen molar-refractivity contribution in [1.82, 2.24) is 0 Å². The van der Waals surface area contributed by atoms with Crippen LogP contribution in [0.1, 0.15) is 24.1 Å². The standard InChI is InChI=1S/C27H25ClN2O4/c1-4-34-22-15-13-21(14-16-22)30-24(17-7-11-20(12-8-17)29(2)3)23(26(32)27(30)33)25(31)18-5-9-19(28)10-6-18/h5-16,24,31H,4H2,1-3H3/b25-23-. The van der Waals surface area contributed by atoms with Gasteiger partial charge in [-0.2, -0.15) is 0 Å². The van der Waals surface area contributed by atoms with Gasteiger partial charge in [0.2, 0.25) is 0 Å². The molecule has 1 aliphatic rings. The van der Waals surface area contributed by atoms with Gasteiger partial charge in [-0.3, -0.25) is 14.5 Å². The lowest BCUT2D eigenvalue weighted by Crippen LogP contribution is -2.29. The monoisotopic (exact) mass is 476 g/mol. The van der Waals surface area contributed by atoms with Gasteiger partial charge in [-0.05, 0) is 73.2 Å². The summed E-state index contributed by atoms with van der Waals surface area (Å²) in [5.41, 5.74) is 2.64. The molecule has 7 heteroatoms. The molecule has 1 N–H and O–H groups in total. The number of nitrogens with zero attached hydrogens (tertiary/aromatic N) is 2. The number of aliphatic hydroxyl groups is 1. The van der Waals surface area contributed by atoms with E-state index in [4.69, 9.17) is 16.3 Å². The fourth-order valence-corrected chi connectivity index (χ4v) is 4.13. The van der Waals surface area contributed by atoms with Crippen molar-refractivity contribution in [3.05, 3.63) is 94.5 Å². The lowest BCUT2D eigenvalue weighted by Gasteiger charge is -2.26. The second kappa shape index (κ2) is 9.61. The molecule has 1 fully saturated rings. The zero-order chi connectivity index (χ0) is 24.4. The predicted molar refractivity (Wildman–Crippen MR) is 135 cm³/mol. The summed E-state index contributed by atoms with van der Waals surface area (Å²) in [5, 5.41) is 11.7. The summed E-state index contributed by atoms with van der Waals surface area (Å²) >= 11 is 5.99. The summed E-state index contributed by atoms with van der Waals surface area (Å²) in [6.07, 6.45) is 0. The lowest BCUT2D eigenvalue weighted by atomic mass is 9.95. The highest BCUT2D eigenvalue weighted by atomic mass is 35.5. The average molecular weight is 477 g/mol. The number of aliphatic hydroxyl groups excluding tert-OH is 1. The first kappa shape index (κ1) is 23.4. The Bertz CT molecular complexity index is 1230. The number of ketones is 1. The molecule has 1 aliphatic heterocycles. The number of ether oxygens (including phenoxy) is 1. The van der Waals surface area contributed by atoms with E-state index in [0.717, 1.165) is 5.69 Å². The van der Waals surface area contributed by atoms with Gasteiger partial charge in [-0.1, -0.05) is 23.7 Å². The fraction of sp³-hybridized carbons (Fsp3) is 0.185. The molecule has 6 nitrogen and oxygen atoms in total. The predicted octanol–water partition coefficient (Wildman–Crippen LogP) is 5.43. The summed E-state index contributed by atoms with van der Waals surface area (Å²) in [6, 6.07) is 20.2. The number of anilines is 2. The van der Waals surface area contributed by atoms with Gasteiger partial charge < -0.3 is 14.7 Å². The van der Waals surface area contributed by atoms with Crippen LogP contribution >= 0.6 is 11.6 Å². The Kier molecular flexibility index (Phi) is 6.61. The van der Waals surface area contributed by atoms with Crippen molar-refractivity contribution >= 4 is 40.4 Å². The number of amides is 1. The highest BCUT2D eigenvalue weighted by Gasteiger charge is 2.47. The Morgan fingerprint density at radius 3 is 2.15 bits per heavy atom. The van der Waals surface area contributed by atoms with Gasteiger partial charge in [0.15, 0.2) is 0 Å². The van der Waals surface area contributed by atoms with E-state index in [2.05, 4.69) is 0 Å². The first-order chi connectivity index (χ1) is 16.3. The molecule has 0 bridgehead atoms. The lowest BCUT2D eigenvalue weighted by molar-refractivity contribution is -0.132. The van der Waals surface area contributed by atoms with E-state index in [1.54, 1.807) is 48.5 Å². The second-order valence-corrected chi connectivity index (χ2v) is 8.53. The molecule has 3 aromatic carbocycles. The zero-order valence-corrected chi connectivity index (χ0v) is 19.9. The molecule has 0 spiro atoms. The summed E-state index contributed by atoms with van der Waals surface area (Å²) in [7, 11) is 3.86. The van der Waals surface area contributed by atoms with Crippen molar-refractivity contribution in [3.63, 3.8) is 0 Å². The van der Waals surface area contributed by atoms with E-state index in [0.29, 0.717) is 34.2 Å². The van der Waals surface area contributed by atoms with Crippen molar-refractivity contribution in [3.8, 4) is 5.75 Å². The topological polar surface area (TPSA) is 70.1 Å². The molecule has 3 aromatic rings. The molecule has 174 valence electrons. The van der Waals surface area contributed by atoms with Crippen LogP contribution in [0.4, 0.5) is 11.4 Å². The quantitative estimate of drug-likeness (QED) is 0.292. The minimum Gasteiger partial charge on any atom is -0.507 e. The van der Waals surface area contributed by atoms with E-state index >= 15 is 0 Å². The van der Waals surface area contributed by atoms with Crippen molar-refractivity contribution in [2.75, 3.05) is 30.5 Å². The molecule has 4 rings (SSSR count). The Labute approximate surface area is 203 Å². The van der Waals surface area contributed by atoms with Crippen molar-refractivity contribution in [1.29, 1.82) is 0 Å². The molecule has 0 aliphatic carbocycles. The number of halogens is 1. The van der Waals surface area contributed by atoms with Crippen LogP contribution in [0, 0.1) is 0 Å². The third-order valence-corrected chi connectivity index (χ3v) is 5.97.